The highest BCUT2D eigenvalue weighted by atomic mass is 79.9. The molecule has 1 aromatic rings. The number of hydrogen-bond donors (Lipinski definition) is 1. The third kappa shape index (κ3) is 2.92. The van der Waals surface area contributed by atoms with Gasteiger partial charge in [-0.1, -0.05) is 15.9 Å². The Morgan fingerprint density at radius 1 is 1.47 bits per heavy atom. The van der Waals surface area contributed by atoms with Gasteiger partial charge in [-0.3, -0.25) is 0 Å². The Morgan fingerprint density at radius 3 is 2.87 bits per heavy atom. The lowest BCUT2D eigenvalue weighted by atomic mass is 9.92. The lowest BCUT2D eigenvalue weighted by Crippen LogP contribution is -2.41. The topological polar surface area (TPSA) is 12.0 Å². The van der Waals surface area contributed by atoms with Gasteiger partial charge in [0, 0.05) is 28.0 Å². The van der Waals surface area contributed by atoms with Crippen LogP contribution >= 0.6 is 27.5 Å². The predicted octanol–water partition coefficient (Wildman–Crippen LogP) is 3.45. The molecule has 2 rings (SSSR count). The quantitative estimate of drug-likeness (QED) is 0.842. The molecule has 0 saturated heterocycles. The van der Waals surface area contributed by atoms with E-state index in [1.807, 2.05) is 0 Å². The van der Waals surface area contributed by atoms with Crippen LogP contribution in [0.2, 0.25) is 0 Å². The van der Waals surface area contributed by atoms with E-state index in [1.165, 1.54) is 6.07 Å². The Kier molecular flexibility index (Phi) is 3.65. The van der Waals surface area contributed by atoms with Crippen molar-refractivity contribution in [1.82, 2.24) is 5.32 Å². The SMILES string of the molecule is Fc1ccc(Br)cc1CNC1CC(Cl)C1. The molecule has 1 saturated carbocycles. The Labute approximate surface area is 102 Å². The molecule has 0 aromatic heterocycles. The van der Waals surface area contributed by atoms with Gasteiger partial charge in [0.1, 0.15) is 5.82 Å². The highest BCUT2D eigenvalue weighted by molar-refractivity contribution is 9.10. The molecule has 82 valence electrons. The highest BCUT2D eigenvalue weighted by Crippen LogP contribution is 2.26. The van der Waals surface area contributed by atoms with Crippen molar-refractivity contribution in [2.45, 2.75) is 30.8 Å². The van der Waals surface area contributed by atoms with Gasteiger partial charge in [0.15, 0.2) is 0 Å². The summed E-state index contributed by atoms with van der Waals surface area (Å²) in [5.74, 6) is -0.160. The summed E-state index contributed by atoms with van der Waals surface area (Å²) in [4.78, 5) is 0. The van der Waals surface area contributed by atoms with Crippen molar-refractivity contribution in [3.8, 4) is 0 Å². The van der Waals surface area contributed by atoms with Crippen molar-refractivity contribution >= 4 is 27.5 Å². The fourth-order valence-corrected chi connectivity index (χ4v) is 2.49. The van der Waals surface area contributed by atoms with Crippen LogP contribution in [0.4, 0.5) is 4.39 Å². The summed E-state index contributed by atoms with van der Waals surface area (Å²) < 4.78 is 14.2. The van der Waals surface area contributed by atoms with Crippen molar-refractivity contribution in [2.24, 2.45) is 0 Å². The molecule has 0 radical (unpaired) electrons. The fraction of sp³-hybridized carbons (Fsp3) is 0.455. The van der Waals surface area contributed by atoms with E-state index < -0.39 is 0 Å². The van der Waals surface area contributed by atoms with E-state index in [1.54, 1.807) is 12.1 Å². The second-order valence-corrected chi connectivity index (χ2v) is 5.42. The molecule has 15 heavy (non-hydrogen) atoms. The van der Waals surface area contributed by atoms with Crippen LogP contribution in [-0.4, -0.2) is 11.4 Å². The molecular weight excluding hydrogens is 280 g/mol. The standard InChI is InChI=1S/C11H12BrClFN/c12-8-1-2-11(14)7(3-8)6-15-10-4-9(13)5-10/h1-3,9-10,15H,4-6H2. The Balaban J connectivity index is 1.90. The summed E-state index contributed by atoms with van der Waals surface area (Å²) >= 11 is 9.19. The fourth-order valence-electron chi connectivity index (χ4n) is 1.65. The number of hydrogen-bond acceptors (Lipinski definition) is 1. The van der Waals surface area contributed by atoms with Gasteiger partial charge in [0.05, 0.1) is 0 Å². The van der Waals surface area contributed by atoms with Gasteiger partial charge < -0.3 is 5.32 Å². The maximum Gasteiger partial charge on any atom is 0.127 e. The number of rotatable bonds is 3. The number of alkyl halides is 1. The first-order valence-corrected chi connectivity index (χ1v) is 6.19. The number of benzene rings is 1. The van der Waals surface area contributed by atoms with E-state index in [0.29, 0.717) is 23.5 Å². The molecule has 0 aliphatic heterocycles. The predicted molar refractivity (Wildman–Crippen MR) is 63.6 cm³/mol. The first kappa shape index (κ1) is 11.4. The molecule has 1 aliphatic rings. The molecule has 1 aliphatic carbocycles. The average Bonchev–Trinajstić information content (AvgIpc) is 2.16. The summed E-state index contributed by atoms with van der Waals surface area (Å²) in [5.41, 5.74) is 0.697. The van der Waals surface area contributed by atoms with E-state index >= 15 is 0 Å². The van der Waals surface area contributed by atoms with Crippen molar-refractivity contribution in [3.63, 3.8) is 0 Å². The molecule has 0 unspecified atom stereocenters. The van der Waals surface area contributed by atoms with Crippen LogP contribution in [0.1, 0.15) is 18.4 Å². The number of halogens is 3. The third-order valence-electron chi connectivity index (χ3n) is 2.67. The monoisotopic (exact) mass is 291 g/mol. The summed E-state index contributed by atoms with van der Waals surface area (Å²) in [7, 11) is 0. The second-order valence-electron chi connectivity index (χ2n) is 3.88. The molecule has 1 fully saturated rings. The van der Waals surface area contributed by atoms with Crippen molar-refractivity contribution in [1.29, 1.82) is 0 Å². The zero-order valence-electron chi connectivity index (χ0n) is 8.14. The Bertz CT molecular complexity index is 352. The van der Waals surface area contributed by atoms with Gasteiger partial charge in [-0.15, -0.1) is 11.6 Å². The average molecular weight is 293 g/mol. The van der Waals surface area contributed by atoms with Crippen molar-refractivity contribution in [2.75, 3.05) is 0 Å². The van der Waals surface area contributed by atoms with Gasteiger partial charge in [0.25, 0.3) is 0 Å². The molecule has 0 atom stereocenters. The van der Waals surface area contributed by atoms with Gasteiger partial charge >= 0.3 is 0 Å². The first-order chi connectivity index (χ1) is 7.15. The van der Waals surface area contributed by atoms with Crippen LogP contribution in [0.5, 0.6) is 0 Å². The molecule has 1 nitrogen and oxygen atoms in total. The van der Waals surface area contributed by atoms with Gasteiger partial charge in [-0.05, 0) is 31.0 Å². The van der Waals surface area contributed by atoms with Crippen LogP contribution in [0.15, 0.2) is 22.7 Å². The molecular formula is C11H12BrClFN. The summed E-state index contributed by atoms with van der Waals surface area (Å²) in [6.45, 7) is 0.569. The Hall–Kier alpha value is -0.120. The van der Waals surface area contributed by atoms with Crippen LogP contribution in [-0.2, 0) is 6.54 Å². The Morgan fingerprint density at radius 2 is 2.20 bits per heavy atom. The van der Waals surface area contributed by atoms with Crippen LogP contribution in [0, 0.1) is 5.82 Å². The lowest BCUT2D eigenvalue weighted by molar-refractivity contribution is 0.343. The summed E-state index contributed by atoms with van der Waals surface area (Å²) in [6, 6.07) is 5.44. The van der Waals surface area contributed by atoms with Crippen molar-refractivity contribution in [3.05, 3.63) is 34.1 Å². The minimum Gasteiger partial charge on any atom is -0.310 e. The normalized spacial score (nSPS) is 25.0. The maximum absolute atomic E-state index is 13.3. The summed E-state index contributed by atoms with van der Waals surface area (Å²) in [5, 5.41) is 3.59. The van der Waals surface area contributed by atoms with E-state index in [4.69, 9.17) is 11.6 Å². The van der Waals surface area contributed by atoms with E-state index in [0.717, 1.165) is 17.3 Å². The van der Waals surface area contributed by atoms with E-state index in [2.05, 4.69) is 21.2 Å². The van der Waals surface area contributed by atoms with E-state index in [9.17, 15) is 4.39 Å². The van der Waals surface area contributed by atoms with Gasteiger partial charge in [-0.25, -0.2) is 4.39 Å². The molecule has 0 bridgehead atoms. The summed E-state index contributed by atoms with van der Waals surface area (Å²) in [6.07, 6.45) is 1.97. The van der Waals surface area contributed by atoms with Crippen LogP contribution in [0.25, 0.3) is 0 Å². The minimum absolute atomic E-state index is 0.160. The second kappa shape index (κ2) is 4.81. The maximum atomic E-state index is 13.3. The third-order valence-corrected chi connectivity index (χ3v) is 3.52. The smallest absolute Gasteiger partial charge is 0.127 e. The molecule has 1 N–H and O–H groups in total. The van der Waals surface area contributed by atoms with Crippen LogP contribution in [0.3, 0.4) is 0 Å². The van der Waals surface area contributed by atoms with E-state index in [-0.39, 0.29) is 5.82 Å². The molecule has 0 amide bonds. The molecule has 0 spiro atoms. The van der Waals surface area contributed by atoms with Gasteiger partial charge in [-0.2, -0.15) is 0 Å². The number of nitrogens with one attached hydrogen (secondary N) is 1. The molecule has 0 heterocycles. The lowest BCUT2D eigenvalue weighted by Gasteiger charge is -2.31. The first-order valence-electron chi connectivity index (χ1n) is 4.96. The molecule has 1 aromatic carbocycles. The largest absolute Gasteiger partial charge is 0.310 e. The van der Waals surface area contributed by atoms with Crippen molar-refractivity contribution < 1.29 is 4.39 Å². The van der Waals surface area contributed by atoms with Gasteiger partial charge in [0.2, 0.25) is 0 Å². The zero-order valence-corrected chi connectivity index (χ0v) is 10.5. The highest BCUT2D eigenvalue weighted by Gasteiger charge is 2.26. The minimum atomic E-state index is -0.160. The molecule has 4 heteroatoms. The zero-order chi connectivity index (χ0) is 10.8. The van der Waals surface area contributed by atoms with Crippen LogP contribution < -0.4 is 5.32 Å².